The minimum absolute atomic E-state index is 0.0135. The van der Waals surface area contributed by atoms with E-state index in [4.69, 9.17) is 9.84 Å². The van der Waals surface area contributed by atoms with Crippen LogP contribution in [0.2, 0.25) is 0 Å². The highest BCUT2D eigenvalue weighted by Gasteiger charge is 2.40. The molecule has 1 fully saturated rings. The Morgan fingerprint density at radius 1 is 1.00 bits per heavy atom. The third-order valence-electron chi connectivity index (χ3n) is 5.72. The van der Waals surface area contributed by atoms with E-state index in [0.717, 1.165) is 31.4 Å². The van der Waals surface area contributed by atoms with Gasteiger partial charge in [-0.25, -0.2) is 0 Å². The molecule has 6 heteroatoms. The van der Waals surface area contributed by atoms with Crippen LogP contribution in [0.5, 0.6) is 5.75 Å². The van der Waals surface area contributed by atoms with Gasteiger partial charge in [-0.1, -0.05) is 37.5 Å². The molecule has 2 unspecified atom stereocenters. The van der Waals surface area contributed by atoms with Gasteiger partial charge in [-0.05, 0) is 56.1 Å². The summed E-state index contributed by atoms with van der Waals surface area (Å²) >= 11 is 0. The Morgan fingerprint density at radius 3 is 2.32 bits per heavy atom. The van der Waals surface area contributed by atoms with Crippen molar-refractivity contribution in [2.24, 2.45) is 11.8 Å². The molecule has 0 aliphatic heterocycles. The summed E-state index contributed by atoms with van der Waals surface area (Å²) < 4.78 is 5.57. The first-order chi connectivity index (χ1) is 13.5. The maximum absolute atomic E-state index is 10.5. The van der Waals surface area contributed by atoms with Gasteiger partial charge in [0.2, 0.25) is 0 Å². The van der Waals surface area contributed by atoms with Crippen LogP contribution >= 0.6 is 0 Å². The molecule has 0 heterocycles. The number of rotatable bonds is 13. The monoisotopic (exact) mass is 394 g/mol. The van der Waals surface area contributed by atoms with Crippen molar-refractivity contribution in [3.05, 3.63) is 30.3 Å². The average molecular weight is 395 g/mol. The first kappa shape index (κ1) is 22.7. The van der Waals surface area contributed by atoms with Gasteiger partial charge in [-0.2, -0.15) is 0 Å². The molecule has 0 aromatic heterocycles. The van der Waals surface area contributed by atoms with Crippen molar-refractivity contribution in [1.29, 1.82) is 0 Å². The predicted octanol–water partition coefficient (Wildman–Crippen LogP) is 2.99. The van der Waals surface area contributed by atoms with Gasteiger partial charge in [0.1, 0.15) is 12.4 Å². The van der Waals surface area contributed by atoms with Crippen molar-refractivity contribution >= 4 is 5.97 Å². The molecule has 1 saturated carbocycles. The van der Waals surface area contributed by atoms with E-state index in [0.29, 0.717) is 25.7 Å². The molecule has 0 saturated heterocycles. The van der Waals surface area contributed by atoms with E-state index in [1.54, 1.807) is 0 Å². The van der Waals surface area contributed by atoms with Crippen LogP contribution < -0.4 is 4.74 Å². The number of para-hydroxylation sites is 1. The zero-order valence-corrected chi connectivity index (χ0v) is 16.4. The summed E-state index contributed by atoms with van der Waals surface area (Å²) in [4.78, 5) is 10.5. The standard InChI is InChI=1S/C22H34O6/c23-16(15-28-17-8-4-3-5-9-17)12-13-19-18(20(24)14-21(19)25)10-6-1-2-7-11-22(26)27/h3-5,8-9,16,18-21,23-25H,1-2,6-7,10-15H2,(H,26,27)/t16-,18?,19?,20+,21-/m1/s1. The van der Waals surface area contributed by atoms with Crippen LogP contribution in [0.25, 0.3) is 0 Å². The van der Waals surface area contributed by atoms with Gasteiger partial charge in [0.05, 0.1) is 18.3 Å². The van der Waals surface area contributed by atoms with Crippen molar-refractivity contribution in [1.82, 2.24) is 0 Å². The Hall–Kier alpha value is -1.63. The van der Waals surface area contributed by atoms with Crippen molar-refractivity contribution in [3.63, 3.8) is 0 Å². The second-order valence-corrected chi connectivity index (χ2v) is 7.90. The molecule has 1 aromatic rings. The highest BCUT2D eigenvalue weighted by Crippen LogP contribution is 2.39. The second kappa shape index (κ2) is 12.0. The quantitative estimate of drug-likeness (QED) is 0.383. The van der Waals surface area contributed by atoms with Crippen LogP contribution in [-0.2, 0) is 4.79 Å². The van der Waals surface area contributed by atoms with Crippen LogP contribution in [0.15, 0.2) is 30.3 Å². The number of carboxylic acid groups (broad SMARTS) is 1. The Labute approximate surface area is 167 Å². The summed E-state index contributed by atoms with van der Waals surface area (Å²) in [6.07, 6.45) is 4.37. The molecule has 0 bridgehead atoms. The van der Waals surface area contributed by atoms with E-state index in [1.807, 2.05) is 30.3 Å². The SMILES string of the molecule is O=C(O)CCCCCCC1C(CC[C@@H](O)COc2ccccc2)[C@H](O)C[C@@H]1O. The minimum atomic E-state index is -0.760. The van der Waals surface area contributed by atoms with Crippen molar-refractivity contribution in [3.8, 4) is 5.75 Å². The molecular weight excluding hydrogens is 360 g/mol. The van der Waals surface area contributed by atoms with E-state index >= 15 is 0 Å². The summed E-state index contributed by atoms with van der Waals surface area (Å²) in [7, 11) is 0. The van der Waals surface area contributed by atoms with E-state index < -0.39 is 24.3 Å². The number of hydrogen-bond donors (Lipinski definition) is 4. The lowest BCUT2D eigenvalue weighted by Gasteiger charge is -2.24. The van der Waals surface area contributed by atoms with Gasteiger partial charge in [0.15, 0.2) is 0 Å². The highest BCUT2D eigenvalue weighted by atomic mass is 16.5. The molecule has 0 amide bonds. The molecular formula is C22H34O6. The molecule has 0 radical (unpaired) electrons. The van der Waals surface area contributed by atoms with Crippen molar-refractivity contribution in [2.45, 2.75) is 76.1 Å². The van der Waals surface area contributed by atoms with Crippen molar-refractivity contribution in [2.75, 3.05) is 6.61 Å². The Bertz CT molecular complexity index is 563. The predicted molar refractivity (Wildman–Crippen MR) is 106 cm³/mol. The number of hydrogen-bond acceptors (Lipinski definition) is 5. The largest absolute Gasteiger partial charge is 0.491 e. The molecule has 6 nitrogen and oxygen atoms in total. The van der Waals surface area contributed by atoms with Gasteiger partial charge in [-0.3, -0.25) is 4.79 Å². The maximum Gasteiger partial charge on any atom is 0.303 e. The minimum Gasteiger partial charge on any atom is -0.491 e. The van der Waals surface area contributed by atoms with Crippen LogP contribution in [0, 0.1) is 11.8 Å². The molecule has 1 aliphatic carbocycles. The smallest absolute Gasteiger partial charge is 0.303 e. The molecule has 4 N–H and O–H groups in total. The van der Waals surface area contributed by atoms with Gasteiger partial charge in [-0.15, -0.1) is 0 Å². The number of aliphatic hydroxyl groups is 3. The van der Waals surface area contributed by atoms with Crippen LogP contribution in [0.3, 0.4) is 0 Å². The van der Waals surface area contributed by atoms with Crippen LogP contribution in [0.1, 0.15) is 57.8 Å². The average Bonchev–Trinajstić information content (AvgIpc) is 2.94. The van der Waals surface area contributed by atoms with E-state index in [-0.39, 0.29) is 24.9 Å². The fraction of sp³-hybridized carbons (Fsp3) is 0.682. The number of ether oxygens (including phenoxy) is 1. The number of unbranched alkanes of at least 4 members (excludes halogenated alkanes) is 3. The molecule has 2 rings (SSSR count). The Balaban J connectivity index is 1.69. The van der Waals surface area contributed by atoms with E-state index in [1.165, 1.54) is 0 Å². The molecule has 1 aliphatic rings. The fourth-order valence-electron chi connectivity index (χ4n) is 4.17. The second-order valence-electron chi connectivity index (χ2n) is 7.90. The summed E-state index contributed by atoms with van der Waals surface area (Å²) in [5, 5.41) is 39.5. The zero-order chi connectivity index (χ0) is 20.4. The third kappa shape index (κ3) is 7.78. The molecule has 5 atom stereocenters. The number of carbonyl (C=O) groups is 1. The van der Waals surface area contributed by atoms with Gasteiger partial charge >= 0.3 is 5.97 Å². The van der Waals surface area contributed by atoms with E-state index in [9.17, 15) is 20.1 Å². The fourth-order valence-corrected chi connectivity index (χ4v) is 4.17. The first-order valence-corrected chi connectivity index (χ1v) is 10.4. The van der Waals surface area contributed by atoms with Gasteiger partial charge < -0.3 is 25.2 Å². The molecule has 158 valence electrons. The molecule has 0 spiro atoms. The van der Waals surface area contributed by atoms with Gasteiger partial charge in [0, 0.05) is 6.42 Å². The zero-order valence-electron chi connectivity index (χ0n) is 16.4. The third-order valence-corrected chi connectivity index (χ3v) is 5.72. The summed E-state index contributed by atoms with van der Waals surface area (Å²) in [6.45, 7) is 0.212. The summed E-state index contributed by atoms with van der Waals surface area (Å²) in [5.41, 5.74) is 0. The lowest BCUT2D eigenvalue weighted by atomic mass is 9.85. The number of aliphatic carboxylic acids is 1. The lowest BCUT2D eigenvalue weighted by Crippen LogP contribution is -2.25. The van der Waals surface area contributed by atoms with Crippen LogP contribution in [0.4, 0.5) is 0 Å². The first-order valence-electron chi connectivity index (χ1n) is 10.4. The van der Waals surface area contributed by atoms with Crippen LogP contribution in [-0.4, -0.2) is 51.3 Å². The number of benzene rings is 1. The topological polar surface area (TPSA) is 107 Å². The number of aliphatic hydroxyl groups excluding tert-OH is 3. The summed E-state index contributed by atoms with van der Waals surface area (Å²) in [5.74, 6) is -0.0139. The molecule has 1 aromatic carbocycles. The summed E-state index contributed by atoms with van der Waals surface area (Å²) in [6, 6.07) is 9.35. The van der Waals surface area contributed by atoms with Crippen molar-refractivity contribution < 1.29 is 30.0 Å². The Morgan fingerprint density at radius 2 is 1.64 bits per heavy atom. The lowest BCUT2D eigenvalue weighted by molar-refractivity contribution is -0.137. The van der Waals surface area contributed by atoms with E-state index in [2.05, 4.69) is 0 Å². The van der Waals surface area contributed by atoms with Gasteiger partial charge in [0.25, 0.3) is 0 Å². The highest BCUT2D eigenvalue weighted by molar-refractivity contribution is 5.66. The Kier molecular flexibility index (Phi) is 9.75. The maximum atomic E-state index is 10.5. The normalized spacial score (nSPS) is 25.5. The number of carboxylic acids is 1. The molecule has 28 heavy (non-hydrogen) atoms.